The third-order valence-corrected chi connectivity index (χ3v) is 2.82. The molecule has 0 bridgehead atoms. The van der Waals surface area contributed by atoms with Gasteiger partial charge in [-0.15, -0.1) is 0 Å². The van der Waals surface area contributed by atoms with Gasteiger partial charge in [0.15, 0.2) is 0 Å². The van der Waals surface area contributed by atoms with Gasteiger partial charge in [-0.2, -0.15) is 5.10 Å². The van der Waals surface area contributed by atoms with E-state index < -0.39 is 0 Å². The Balaban J connectivity index is 2.51. The normalized spacial score (nSPS) is 11.4. The maximum absolute atomic E-state index is 5.60. The molecule has 0 spiro atoms. The molecule has 17 heavy (non-hydrogen) atoms. The molecular formula is C13H25N3O. The van der Waals surface area contributed by atoms with Gasteiger partial charge in [0, 0.05) is 12.3 Å². The first-order chi connectivity index (χ1) is 8.06. The lowest BCUT2D eigenvalue weighted by molar-refractivity contribution is 0.100. The molecule has 0 radical (unpaired) electrons. The fourth-order valence-corrected chi connectivity index (χ4v) is 1.93. The van der Waals surface area contributed by atoms with Crippen molar-refractivity contribution in [2.45, 2.75) is 40.7 Å². The average molecular weight is 239 g/mol. The largest absolute Gasteiger partial charge is 0.379 e. The second-order valence-corrected chi connectivity index (χ2v) is 4.88. The number of nitrogens with two attached hydrogens (primary N) is 1. The van der Waals surface area contributed by atoms with Crippen LogP contribution in [0.15, 0.2) is 0 Å². The molecule has 0 fully saturated rings. The first-order valence-corrected chi connectivity index (χ1v) is 6.37. The Morgan fingerprint density at radius 2 is 2.06 bits per heavy atom. The monoisotopic (exact) mass is 239 g/mol. The SMILES string of the molecule is Cc1nn(CCOCC(C)C)c(C)c1CCN. The van der Waals surface area contributed by atoms with Crippen LogP contribution in [0.25, 0.3) is 0 Å². The maximum atomic E-state index is 5.60. The highest BCUT2D eigenvalue weighted by Crippen LogP contribution is 2.13. The summed E-state index contributed by atoms with van der Waals surface area (Å²) >= 11 is 0. The lowest BCUT2D eigenvalue weighted by atomic mass is 10.1. The van der Waals surface area contributed by atoms with Crippen molar-refractivity contribution < 1.29 is 4.74 Å². The van der Waals surface area contributed by atoms with Crippen molar-refractivity contribution in [1.29, 1.82) is 0 Å². The molecule has 1 aromatic heterocycles. The van der Waals surface area contributed by atoms with E-state index in [1.54, 1.807) is 0 Å². The Kier molecular flexibility index (Phi) is 5.65. The number of ether oxygens (including phenoxy) is 1. The Hall–Kier alpha value is -0.870. The van der Waals surface area contributed by atoms with E-state index in [9.17, 15) is 0 Å². The van der Waals surface area contributed by atoms with Crippen LogP contribution in [0, 0.1) is 19.8 Å². The van der Waals surface area contributed by atoms with Gasteiger partial charge < -0.3 is 10.5 Å². The quantitative estimate of drug-likeness (QED) is 0.736. The Bertz CT molecular complexity index is 345. The van der Waals surface area contributed by atoms with Crippen molar-refractivity contribution in [2.24, 2.45) is 11.7 Å². The summed E-state index contributed by atoms with van der Waals surface area (Å²) < 4.78 is 7.61. The van der Waals surface area contributed by atoms with E-state index in [1.807, 2.05) is 11.6 Å². The Morgan fingerprint density at radius 1 is 1.35 bits per heavy atom. The summed E-state index contributed by atoms with van der Waals surface area (Å²) in [4.78, 5) is 0. The predicted octanol–water partition coefficient (Wildman–Crippen LogP) is 1.67. The van der Waals surface area contributed by atoms with Crippen LogP contribution in [0.2, 0.25) is 0 Å². The first-order valence-electron chi connectivity index (χ1n) is 6.37. The van der Waals surface area contributed by atoms with Crippen molar-refractivity contribution in [3.05, 3.63) is 17.0 Å². The van der Waals surface area contributed by atoms with Gasteiger partial charge >= 0.3 is 0 Å². The highest BCUT2D eigenvalue weighted by Gasteiger charge is 2.10. The van der Waals surface area contributed by atoms with E-state index in [0.717, 1.165) is 31.9 Å². The summed E-state index contributed by atoms with van der Waals surface area (Å²) in [6, 6.07) is 0. The summed E-state index contributed by atoms with van der Waals surface area (Å²) in [7, 11) is 0. The summed E-state index contributed by atoms with van der Waals surface area (Å²) in [6.45, 7) is 11.5. The van der Waals surface area contributed by atoms with Gasteiger partial charge in [0.05, 0.1) is 18.8 Å². The molecule has 0 atom stereocenters. The van der Waals surface area contributed by atoms with Gasteiger partial charge in [0.1, 0.15) is 0 Å². The molecular weight excluding hydrogens is 214 g/mol. The molecule has 1 aromatic rings. The Labute approximate surface area is 104 Å². The number of aryl methyl sites for hydroxylation is 1. The minimum atomic E-state index is 0.586. The van der Waals surface area contributed by atoms with E-state index in [-0.39, 0.29) is 0 Å². The molecule has 0 aliphatic rings. The molecule has 1 rings (SSSR count). The number of hydrogen-bond acceptors (Lipinski definition) is 3. The topological polar surface area (TPSA) is 53.1 Å². The molecule has 0 aliphatic heterocycles. The van der Waals surface area contributed by atoms with E-state index >= 15 is 0 Å². The van der Waals surface area contributed by atoms with Crippen LogP contribution in [-0.2, 0) is 17.7 Å². The fraction of sp³-hybridized carbons (Fsp3) is 0.769. The molecule has 4 nitrogen and oxygen atoms in total. The zero-order valence-corrected chi connectivity index (χ0v) is 11.5. The van der Waals surface area contributed by atoms with Crippen molar-refractivity contribution >= 4 is 0 Å². The van der Waals surface area contributed by atoms with Crippen molar-refractivity contribution in [1.82, 2.24) is 9.78 Å². The molecule has 0 saturated carbocycles. The van der Waals surface area contributed by atoms with Gasteiger partial charge in [-0.1, -0.05) is 13.8 Å². The molecule has 0 aliphatic carbocycles. The van der Waals surface area contributed by atoms with Crippen LogP contribution in [0.1, 0.15) is 30.8 Å². The van der Waals surface area contributed by atoms with Crippen LogP contribution in [0.5, 0.6) is 0 Å². The molecule has 0 amide bonds. The standard InChI is InChI=1S/C13H25N3O/c1-10(2)9-17-8-7-16-12(4)13(5-6-14)11(3)15-16/h10H,5-9,14H2,1-4H3. The summed E-state index contributed by atoms with van der Waals surface area (Å²) in [5.74, 6) is 0.586. The molecule has 1 heterocycles. The van der Waals surface area contributed by atoms with Gasteiger partial charge in [-0.05, 0) is 38.3 Å². The maximum Gasteiger partial charge on any atom is 0.0662 e. The van der Waals surface area contributed by atoms with Gasteiger partial charge in [-0.3, -0.25) is 4.68 Å². The number of aromatic nitrogens is 2. The smallest absolute Gasteiger partial charge is 0.0662 e. The van der Waals surface area contributed by atoms with Crippen LogP contribution in [0.3, 0.4) is 0 Å². The molecule has 0 saturated heterocycles. The summed E-state index contributed by atoms with van der Waals surface area (Å²) in [6.07, 6.45) is 0.907. The molecule has 2 N–H and O–H groups in total. The first kappa shape index (κ1) is 14.2. The lowest BCUT2D eigenvalue weighted by Crippen LogP contribution is -2.12. The second kappa shape index (κ2) is 6.77. The van der Waals surface area contributed by atoms with Crippen molar-refractivity contribution in [3.63, 3.8) is 0 Å². The van der Waals surface area contributed by atoms with E-state index in [4.69, 9.17) is 10.5 Å². The van der Waals surface area contributed by atoms with Crippen LogP contribution in [0.4, 0.5) is 0 Å². The molecule has 0 aromatic carbocycles. The van der Waals surface area contributed by atoms with Crippen LogP contribution < -0.4 is 5.73 Å². The third kappa shape index (κ3) is 4.13. The summed E-state index contributed by atoms with van der Waals surface area (Å²) in [5, 5.41) is 4.53. The molecule has 0 unspecified atom stereocenters. The van der Waals surface area contributed by atoms with Gasteiger partial charge in [-0.25, -0.2) is 0 Å². The van der Waals surface area contributed by atoms with E-state index in [2.05, 4.69) is 25.9 Å². The zero-order chi connectivity index (χ0) is 12.8. The summed E-state index contributed by atoms with van der Waals surface area (Å²) in [5.41, 5.74) is 9.21. The van der Waals surface area contributed by atoms with Gasteiger partial charge in [0.25, 0.3) is 0 Å². The van der Waals surface area contributed by atoms with Crippen molar-refractivity contribution in [2.75, 3.05) is 19.8 Å². The van der Waals surface area contributed by atoms with Gasteiger partial charge in [0.2, 0.25) is 0 Å². The minimum Gasteiger partial charge on any atom is -0.379 e. The zero-order valence-electron chi connectivity index (χ0n) is 11.5. The highest BCUT2D eigenvalue weighted by molar-refractivity contribution is 5.24. The van der Waals surface area contributed by atoms with Crippen molar-refractivity contribution in [3.8, 4) is 0 Å². The number of hydrogen-bond donors (Lipinski definition) is 1. The fourth-order valence-electron chi connectivity index (χ4n) is 1.93. The number of rotatable bonds is 7. The van der Waals surface area contributed by atoms with E-state index in [0.29, 0.717) is 12.5 Å². The minimum absolute atomic E-state index is 0.586. The Morgan fingerprint density at radius 3 is 2.65 bits per heavy atom. The highest BCUT2D eigenvalue weighted by atomic mass is 16.5. The van der Waals surface area contributed by atoms with Crippen LogP contribution in [-0.4, -0.2) is 29.5 Å². The van der Waals surface area contributed by atoms with Crippen LogP contribution >= 0.6 is 0 Å². The second-order valence-electron chi connectivity index (χ2n) is 4.88. The lowest BCUT2D eigenvalue weighted by Gasteiger charge is -2.08. The predicted molar refractivity (Wildman–Crippen MR) is 70.1 cm³/mol. The average Bonchev–Trinajstić information content (AvgIpc) is 2.52. The third-order valence-electron chi connectivity index (χ3n) is 2.82. The number of nitrogens with zero attached hydrogens (tertiary/aromatic N) is 2. The molecule has 98 valence electrons. The van der Waals surface area contributed by atoms with E-state index in [1.165, 1.54) is 11.3 Å². The molecule has 4 heteroatoms.